The van der Waals surface area contributed by atoms with E-state index in [1.165, 1.54) is 0 Å². The van der Waals surface area contributed by atoms with E-state index < -0.39 is 11.4 Å². The number of nitrogens with zero attached hydrogens (tertiary/aromatic N) is 2. The molecule has 0 N–H and O–H groups in total. The molecule has 0 radical (unpaired) electrons. The van der Waals surface area contributed by atoms with Crippen molar-refractivity contribution in [3.05, 3.63) is 22.8 Å². The number of hydrogen-bond acceptors (Lipinski definition) is 4. The Balaban J connectivity index is 2.34. The molecule has 112 valence electrons. The third-order valence-corrected chi connectivity index (χ3v) is 4.30. The molecular weight excluding hydrogens is 340 g/mol. The van der Waals surface area contributed by atoms with E-state index in [4.69, 9.17) is 4.74 Å². The summed E-state index contributed by atoms with van der Waals surface area (Å²) < 4.78 is 22.1. The van der Waals surface area contributed by atoms with Gasteiger partial charge in [0.15, 0.2) is 0 Å². The van der Waals surface area contributed by atoms with Crippen LogP contribution in [0.5, 0.6) is 5.88 Å². The maximum atomic E-state index is 11.7. The number of pyridine rings is 1. The van der Waals surface area contributed by atoms with Gasteiger partial charge in [-0.2, -0.15) is 0 Å². The molecule has 20 heavy (non-hydrogen) atoms. The second-order valence-corrected chi connectivity index (χ2v) is 8.32. The second-order valence-electron chi connectivity index (χ2n) is 5.47. The molecule has 1 aromatic heterocycles. The molecule has 0 aliphatic heterocycles. The molecule has 0 aliphatic rings. The van der Waals surface area contributed by atoms with Crippen LogP contribution in [0.15, 0.2) is 27.2 Å². The summed E-state index contributed by atoms with van der Waals surface area (Å²) in [4.78, 5) is 4.13. The Kier molecular flexibility index (Phi) is 6.99. The number of halogens is 1. The third kappa shape index (κ3) is 6.72. The molecular formula is C14H21BrN2O2S. The first-order valence-electron chi connectivity index (χ1n) is 6.52. The van der Waals surface area contributed by atoms with Gasteiger partial charge in [-0.1, -0.05) is 20.3 Å². The standard InChI is InChI=1S/C14H21BrN2O2S/c1-11(19-13-10-12(15)7-9-16-13)6-5-8-17-20(18)14(2,3)4/h7-11H,5-6H2,1-4H3/t11-,20?/m0/s1. The van der Waals surface area contributed by atoms with E-state index in [1.807, 2.05) is 39.8 Å². The van der Waals surface area contributed by atoms with Gasteiger partial charge in [-0.15, -0.1) is 0 Å². The third-order valence-electron chi connectivity index (χ3n) is 2.42. The number of rotatable bonds is 6. The van der Waals surface area contributed by atoms with Gasteiger partial charge in [-0.05, 0) is 46.6 Å². The molecule has 1 aromatic rings. The van der Waals surface area contributed by atoms with Gasteiger partial charge in [-0.3, -0.25) is 0 Å². The summed E-state index contributed by atoms with van der Waals surface area (Å²) in [5.41, 5.74) is 0. The SMILES string of the molecule is C[C@@H](CCC=N[S+]([O-])C(C)(C)C)Oc1cc(Br)ccn1. The van der Waals surface area contributed by atoms with Gasteiger partial charge in [0, 0.05) is 16.7 Å². The summed E-state index contributed by atoms with van der Waals surface area (Å²) in [6.45, 7) is 7.71. The summed E-state index contributed by atoms with van der Waals surface area (Å²) in [5, 5.41) is 0. The Morgan fingerprint density at radius 1 is 1.55 bits per heavy atom. The predicted molar refractivity (Wildman–Crippen MR) is 87.6 cm³/mol. The fourth-order valence-electron chi connectivity index (χ4n) is 1.30. The second kappa shape index (κ2) is 8.00. The van der Waals surface area contributed by atoms with Gasteiger partial charge < -0.3 is 9.29 Å². The van der Waals surface area contributed by atoms with Gasteiger partial charge in [0.05, 0.1) is 12.3 Å². The van der Waals surface area contributed by atoms with Crippen molar-refractivity contribution in [1.29, 1.82) is 0 Å². The lowest BCUT2D eigenvalue weighted by atomic mass is 10.2. The minimum absolute atomic E-state index is 0.0336. The fourth-order valence-corrected chi connectivity index (χ4v) is 2.17. The number of ether oxygens (including phenoxy) is 1. The molecule has 4 nitrogen and oxygen atoms in total. The van der Waals surface area contributed by atoms with E-state index in [0.29, 0.717) is 5.88 Å². The summed E-state index contributed by atoms with van der Waals surface area (Å²) in [5.74, 6) is 0.599. The smallest absolute Gasteiger partial charge is 0.214 e. The van der Waals surface area contributed by atoms with Gasteiger partial charge in [0.2, 0.25) is 5.88 Å². The minimum atomic E-state index is -1.18. The Morgan fingerprint density at radius 3 is 2.85 bits per heavy atom. The van der Waals surface area contributed by atoms with E-state index >= 15 is 0 Å². The van der Waals surface area contributed by atoms with Crippen LogP contribution in [-0.4, -0.2) is 26.6 Å². The summed E-state index contributed by atoms with van der Waals surface area (Å²) in [7, 11) is 0. The maximum Gasteiger partial charge on any atom is 0.214 e. The molecule has 6 heteroatoms. The first kappa shape index (κ1) is 17.5. The molecule has 0 spiro atoms. The lowest BCUT2D eigenvalue weighted by Gasteiger charge is -2.17. The molecule has 0 saturated heterocycles. The monoisotopic (exact) mass is 360 g/mol. The summed E-state index contributed by atoms with van der Waals surface area (Å²) in [6.07, 6.45) is 4.98. The first-order valence-corrected chi connectivity index (χ1v) is 8.42. The average molecular weight is 361 g/mol. The lowest BCUT2D eigenvalue weighted by Crippen LogP contribution is -2.25. The highest BCUT2D eigenvalue weighted by Crippen LogP contribution is 2.18. The molecule has 0 fully saturated rings. The van der Waals surface area contributed by atoms with E-state index in [9.17, 15) is 4.55 Å². The predicted octanol–water partition coefficient (Wildman–Crippen LogP) is 3.92. The van der Waals surface area contributed by atoms with Crippen LogP contribution in [0.2, 0.25) is 0 Å². The van der Waals surface area contributed by atoms with Gasteiger partial charge in [0.1, 0.15) is 16.1 Å². The van der Waals surface area contributed by atoms with Crippen LogP contribution >= 0.6 is 15.9 Å². The normalized spacial score (nSPS) is 15.3. The minimum Gasteiger partial charge on any atom is -0.591 e. The molecule has 0 aliphatic carbocycles. The van der Waals surface area contributed by atoms with Crippen LogP contribution < -0.4 is 4.74 Å². The van der Waals surface area contributed by atoms with E-state index in [2.05, 4.69) is 25.3 Å². The molecule has 1 unspecified atom stereocenters. The van der Waals surface area contributed by atoms with Crippen LogP contribution in [0, 0.1) is 0 Å². The highest BCUT2D eigenvalue weighted by Gasteiger charge is 2.25. The Hall–Kier alpha value is -0.590. The topological polar surface area (TPSA) is 57.5 Å². The van der Waals surface area contributed by atoms with Crippen molar-refractivity contribution >= 4 is 33.5 Å². The van der Waals surface area contributed by atoms with Crippen LogP contribution in [0.25, 0.3) is 0 Å². The zero-order chi connectivity index (χ0) is 15.2. The van der Waals surface area contributed by atoms with E-state index in [1.54, 1.807) is 12.4 Å². The van der Waals surface area contributed by atoms with Crippen molar-refractivity contribution in [1.82, 2.24) is 4.98 Å². The van der Waals surface area contributed by atoms with Crippen molar-refractivity contribution in [3.63, 3.8) is 0 Å². The van der Waals surface area contributed by atoms with Crippen molar-refractivity contribution in [3.8, 4) is 5.88 Å². The highest BCUT2D eigenvalue weighted by atomic mass is 79.9. The number of aromatic nitrogens is 1. The zero-order valence-electron chi connectivity index (χ0n) is 12.3. The van der Waals surface area contributed by atoms with Crippen LogP contribution in [0.3, 0.4) is 0 Å². The van der Waals surface area contributed by atoms with Crippen molar-refractivity contribution in [2.75, 3.05) is 0 Å². The Labute approximate surface area is 132 Å². The quantitative estimate of drug-likeness (QED) is 0.570. The molecule has 2 atom stereocenters. The lowest BCUT2D eigenvalue weighted by molar-refractivity contribution is 0.205. The Bertz CT molecular complexity index is 449. The van der Waals surface area contributed by atoms with E-state index in [0.717, 1.165) is 17.3 Å². The van der Waals surface area contributed by atoms with Crippen molar-refractivity contribution in [2.24, 2.45) is 4.40 Å². The van der Waals surface area contributed by atoms with Crippen LogP contribution in [0.4, 0.5) is 0 Å². The molecule has 0 aromatic carbocycles. The van der Waals surface area contributed by atoms with Gasteiger partial charge in [-0.25, -0.2) is 4.98 Å². The Morgan fingerprint density at radius 2 is 2.25 bits per heavy atom. The van der Waals surface area contributed by atoms with Gasteiger partial charge >= 0.3 is 0 Å². The van der Waals surface area contributed by atoms with E-state index in [-0.39, 0.29) is 10.9 Å². The number of hydrogen-bond donors (Lipinski definition) is 0. The molecule has 0 amide bonds. The van der Waals surface area contributed by atoms with Crippen molar-refractivity contribution in [2.45, 2.75) is 51.4 Å². The largest absolute Gasteiger partial charge is 0.591 e. The maximum absolute atomic E-state index is 11.7. The van der Waals surface area contributed by atoms with Crippen molar-refractivity contribution < 1.29 is 9.29 Å². The van der Waals surface area contributed by atoms with Gasteiger partial charge in [0.25, 0.3) is 0 Å². The molecule has 0 saturated carbocycles. The van der Waals surface area contributed by atoms with Crippen LogP contribution in [0.1, 0.15) is 40.5 Å². The molecule has 1 rings (SSSR count). The van der Waals surface area contributed by atoms with Crippen LogP contribution in [-0.2, 0) is 11.4 Å². The zero-order valence-corrected chi connectivity index (χ0v) is 14.7. The average Bonchev–Trinajstić information content (AvgIpc) is 2.33. The summed E-state index contributed by atoms with van der Waals surface area (Å²) in [6, 6.07) is 3.69. The molecule has 0 bridgehead atoms. The molecule has 1 heterocycles. The first-order chi connectivity index (χ1) is 9.29. The fraction of sp³-hybridized carbons (Fsp3) is 0.571. The summed E-state index contributed by atoms with van der Waals surface area (Å²) >= 11 is 2.19. The highest BCUT2D eigenvalue weighted by molar-refractivity contribution is 9.10.